The number of amides is 2. The second kappa shape index (κ2) is 8.56. The maximum atomic E-state index is 13.8. The summed E-state index contributed by atoms with van der Waals surface area (Å²) >= 11 is 6.03. The van der Waals surface area contributed by atoms with Crippen molar-refractivity contribution >= 4 is 34.5 Å². The molecule has 7 heteroatoms. The highest BCUT2D eigenvalue weighted by atomic mass is 35.5. The van der Waals surface area contributed by atoms with Gasteiger partial charge in [-0.05, 0) is 49.8 Å². The van der Waals surface area contributed by atoms with Crippen LogP contribution in [-0.2, 0) is 17.8 Å². The molecule has 174 valence electrons. The van der Waals surface area contributed by atoms with Crippen molar-refractivity contribution in [3.63, 3.8) is 0 Å². The van der Waals surface area contributed by atoms with E-state index in [1.54, 1.807) is 17.2 Å². The van der Waals surface area contributed by atoms with Gasteiger partial charge in [-0.15, -0.1) is 0 Å². The molecular formula is C26H30ClN3O3. The lowest BCUT2D eigenvalue weighted by atomic mass is 9.85. The minimum absolute atomic E-state index is 0.0818. The van der Waals surface area contributed by atoms with Crippen molar-refractivity contribution in [1.82, 2.24) is 14.8 Å². The average Bonchev–Trinajstić information content (AvgIpc) is 3.39. The monoisotopic (exact) mass is 467 g/mol. The van der Waals surface area contributed by atoms with Gasteiger partial charge >= 0.3 is 0 Å². The van der Waals surface area contributed by atoms with E-state index in [-0.39, 0.29) is 17.9 Å². The van der Waals surface area contributed by atoms with Crippen molar-refractivity contribution < 1.29 is 14.0 Å². The normalized spacial score (nSPS) is 25.3. The minimum Gasteiger partial charge on any atom is -0.463 e. The van der Waals surface area contributed by atoms with E-state index in [1.165, 1.54) is 6.42 Å². The largest absolute Gasteiger partial charge is 0.463 e. The first kappa shape index (κ1) is 22.1. The molecule has 2 aliphatic rings. The zero-order chi connectivity index (χ0) is 23.2. The Balaban J connectivity index is 1.47. The Labute approximate surface area is 198 Å². The van der Waals surface area contributed by atoms with Gasteiger partial charge in [0.2, 0.25) is 5.91 Å². The maximum Gasteiger partial charge on any atom is 0.271 e. The van der Waals surface area contributed by atoms with Gasteiger partial charge in [0.05, 0.1) is 18.3 Å². The van der Waals surface area contributed by atoms with Crippen molar-refractivity contribution in [1.29, 1.82) is 0 Å². The summed E-state index contributed by atoms with van der Waals surface area (Å²) in [5, 5.41) is 3.99. The number of aromatic nitrogens is 1. The molecule has 0 bridgehead atoms. The Kier molecular flexibility index (Phi) is 5.73. The summed E-state index contributed by atoms with van der Waals surface area (Å²) in [6.45, 7) is 4.93. The predicted octanol–water partition coefficient (Wildman–Crippen LogP) is 5.04. The second-order valence-corrected chi connectivity index (χ2v) is 10.2. The molecule has 33 heavy (non-hydrogen) atoms. The van der Waals surface area contributed by atoms with Gasteiger partial charge in [-0.25, -0.2) is 0 Å². The van der Waals surface area contributed by atoms with Crippen molar-refractivity contribution in [2.45, 2.75) is 64.1 Å². The van der Waals surface area contributed by atoms with E-state index in [4.69, 9.17) is 16.0 Å². The number of rotatable bonds is 5. The molecule has 1 saturated carbocycles. The number of benzene rings is 1. The quantitative estimate of drug-likeness (QED) is 0.571. The number of carbonyl (C=O) groups is 2. The molecule has 2 aromatic heterocycles. The molecule has 5 rings (SSSR count). The zero-order valence-electron chi connectivity index (χ0n) is 19.1. The van der Waals surface area contributed by atoms with E-state index in [9.17, 15) is 9.59 Å². The average molecular weight is 468 g/mol. The summed E-state index contributed by atoms with van der Waals surface area (Å²) in [5.74, 6) is 0.216. The van der Waals surface area contributed by atoms with Gasteiger partial charge in [0.1, 0.15) is 11.2 Å². The van der Waals surface area contributed by atoms with Gasteiger partial charge in [-0.2, -0.15) is 0 Å². The summed E-state index contributed by atoms with van der Waals surface area (Å²) in [4.78, 5) is 29.2. The van der Waals surface area contributed by atoms with Crippen LogP contribution in [0.1, 0.15) is 55.6 Å². The number of halogens is 1. The lowest BCUT2D eigenvalue weighted by Gasteiger charge is -2.45. The molecule has 1 aromatic carbocycles. The third-order valence-electron chi connectivity index (χ3n) is 7.50. The Morgan fingerprint density at radius 2 is 1.97 bits per heavy atom. The fourth-order valence-electron chi connectivity index (χ4n) is 5.37. The zero-order valence-corrected chi connectivity index (χ0v) is 19.9. The molecule has 6 nitrogen and oxygen atoms in total. The molecule has 2 amide bonds. The van der Waals surface area contributed by atoms with Crippen LogP contribution in [0.15, 0.2) is 47.1 Å². The van der Waals surface area contributed by atoms with E-state index < -0.39 is 5.54 Å². The first-order chi connectivity index (χ1) is 15.9. The number of fused-ring (bicyclic) bond motifs is 3. The molecule has 1 aliphatic heterocycles. The highest BCUT2D eigenvalue weighted by Crippen LogP contribution is 2.34. The molecule has 0 spiro atoms. The van der Waals surface area contributed by atoms with Crippen molar-refractivity contribution in [2.75, 3.05) is 6.54 Å². The summed E-state index contributed by atoms with van der Waals surface area (Å²) in [7, 11) is 0. The van der Waals surface area contributed by atoms with E-state index in [0.29, 0.717) is 41.7 Å². The van der Waals surface area contributed by atoms with Crippen LogP contribution >= 0.6 is 11.6 Å². The standard InChI is InChI=1S/C26H30ClN3O3/c1-17-5-3-4-6-20(17)28-25(32)26(2)16-29-21-12-14-33-23(21)15-22(29)24(31)30(26)13-11-18-7-9-19(27)10-8-18/h7-10,12,14-15,17,20H,3-6,11,13,16H2,1-2H3,(H,28,32)/t17-,20+,26+/m1/s1. The van der Waals surface area contributed by atoms with Crippen molar-refractivity contribution in [3.05, 3.63) is 58.9 Å². The van der Waals surface area contributed by atoms with E-state index in [2.05, 4.69) is 12.2 Å². The highest BCUT2D eigenvalue weighted by molar-refractivity contribution is 6.30. The summed E-state index contributed by atoms with van der Waals surface area (Å²) < 4.78 is 7.49. The summed E-state index contributed by atoms with van der Waals surface area (Å²) in [6, 6.07) is 11.4. The van der Waals surface area contributed by atoms with Crippen LogP contribution in [0.3, 0.4) is 0 Å². The Morgan fingerprint density at radius 1 is 1.21 bits per heavy atom. The van der Waals surface area contributed by atoms with Crippen molar-refractivity contribution in [2.24, 2.45) is 5.92 Å². The fraction of sp³-hybridized carbons (Fsp3) is 0.462. The molecular weight excluding hydrogens is 438 g/mol. The molecule has 0 radical (unpaired) electrons. The van der Waals surface area contributed by atoms with Gasteiger partial charge in [0.15, 0.2) is 5.58 Å². The number of nitrogens with one attached hydrogen (secondary N) is 1. The van der Waals surface area contributed by atoms with E-state index >= 15 is 0 Å². The smallest absolute Gasteiger partial charge is 0.271 e. The lowest BCUT2D eigenvalue weighted by Crippen LogP contribution is -2.65. The lowest BCUT2D eigenvalue weighted by molar-refractivity contribution is -0.134. The SMILES string of the molecule is C[C@@H]1CCCC[C@@H]1NC(=O)[C@]1(C)Cn2c(cc3occc32)C(=O)N1CCc1ccc(Cl)cc1. The van der Waals surface area contributed by atoms with Crippen molar-refractivity contribution in [3.8, 4) is 0 Å². The second-order valence-electron chi connectivity index (χ2n) is 9.73. The van der Waals surface area contributed by atoms with Crippen LogP contribution in [-0.4, -0.2) is 39.4 Å². The van der Waals surface area contributed by atoms with Gasteiger partial charge in [0.25, 0.3) is 5.91 Å². The first-order valence-corrected chi connectivity index (χ1v) is 12.2. The van der Waals surface area contributed by atoms with Crippen LogP contribution in [0.4, 0.5) is 0 Å². The maximum absolute atomic E-state index is 13.8. The molecule has 3 atom stereocenters. The van der Waals surface area contributed by atoms with Gasteiger partial charge < -0.3 is 19.2 Å². The van der Waals surface area contributed by atoms with E-state index in [1.807, 2.05) is 41.8 Å². The Hall–Kier alpha value is -2.73. The molecule has 3 heterocycles. The van der Waals surface area contributed by atoms with Gasteiger partial charge in [0, 0.05) is 29.7 Å². The van der Waals surface area contributed by atoms with Crippen LogP contribution in [0, 0.1) is 5.92 Å². The van der Waals surface area contributed by atoms with Crippen LogP contribution in [0.25, 0.3) is 11.1 Å². The topological polar surface area (TPSA) is 67.5 Å². The number of nitrogens with zero attached hydrogens (tertiary/aromatic N) is 2. The summed E-state index contributed by atoms with van der Waals surface area (Å²) in [6.07, 6.45) is 6.71. The number of hydrogen-bond acceptors (Lipinski definition) is 3. The third-order valence-corrected chi connectivity index (χ3v) is 7.76. The molecule has 0 saturated heterocycles. The number of hydrogen-bond donors (Lipinski definition) is 1. The number of carbonyl (C=O) groups excluding carboxylic acids is 2. The van der Waals surface area contributed by atoms with Gasteiger partial charge in [-0.1, -0.05) is 43.5 Å². The van der Waals surface area contributed by atoms with Gasteiger partial charge in [-0.3, -0.25) is 9.59 Å². The first-order valence-electron chi connectivity index (χ1n) is 11.8. The molecule has 1 fully saturated rings. The summed E-state index contributed by atoms with van der Waals surface area (Å²) in [5.41, 5.74) is 2.15. The minimum atomic E-state index is -1.00. The predicted molar refractivity (Wildman–Crippen MR) is 128 cm³/mol. The van der Waals surface area contributed by atoms with Crippen LogP contribution < -0.4 is 5.32 Å². The molecule has 0 unspecified atom stereocenters. The van der Waals surface area contributed by atoms with Crippen LogP contribution in [0.5, 0.6) is 0 Å². The van der Waals surface area contributed by atoms with Crippen LogP contribution in [0.2, 0.25) is 5.02 Å². The number of furan rings is 1. The molecule has 3 aromatic rings. The highest BCUT2D eigenvalue weighted by Gasteiger charge is 2.48. The molecule has 1 N–H and O–H groups in total. The Bertz CT molecular complexity index is 1180. The third kappa shape index (κ3) is 3.95. The van der Waals surface area contributed by atoms with E-state index in [0.717, 1.165) is 30.3 Å². The Morgan fingerprint density at radius 3 is 2.73 bits per heavy atom. The molecule has 1 aliphatic carbocycles. The fourth-order valence-corrected chi connectivity index (χ4v) is 5.50.